The lowest BCUT2D eigenvalue weighted by atomic mass is 9.94. The lowest BCUT2D eigenvalue weighted by Crippen LogP contribution is -2.31. The van der Waals surface area contributed by atoms with Gasteiger partial charge in [-0.05, 0) is 72.5 Å². The number of amides is 1. The van der Waals surface area contributed by atoms with E-state index in [1.807, 2.05) is 104 Å². The Labute approximate surface area is 233 Å². The molecule has 2 atom stereocenters. The Morgan fingerprint density at radius 2 is 1.62 bits per heavy atom. The summed E-state index contributed by atoms with van der Waals surface area (Å²) in [6.45, 7) is 2.30. The van der Waals surface area contributed by atoms with Crippen molar-refractivity contribution in [3.8, 4) is 17.2 Å². The molecule has 2 aliphatic heterocycles. The van der Waals surface area contributed by atoms with Gasteiger partial charge < -0.3 is 19.5 Å². The van der Waals surface area contributed by atoms with E-state index in [1.54, 1.807) is 11.0 Å². The SMILES string of the molecule is CC1Cc2cc(/C(O)=C3/C(=O)C(=O)N(CCc4ccccc4)C3c3cccc(Oc4ccccc4)c3)ccc2O1. The molecule has 0 spiro atoms. The Bertz CT molecular complexity index is 1600. The second-order valence-electron chi connectivity index (χ2n) is 10.2. The Hall–Kier alpha value is -4.84. The molecular weight excluding hydrogens is 502 g/mol. The monoisotopic (exact) mass is 531 g/mol. The maximum atomic E-state index is 13.5. The molecule has 1 amide bonds. The molecule has 2 unspecified atom stereocenters. The van der Waals surface area contributed by atoms with Gasteiger partial charge in [-0.2, -0.15) is 0 Å². The zero-order valence-corrected chi connectivity index (χ0v) is 22.1. The van der Waals surface area contributed by atoms with Crippen LogP contribution in [0.25, 0.3) is 5.76 Å². The van der Waals surface area contributed by atoms with Crippen LogP contribution < -0.4 is 9.47 Å². The lowest BCUT2D eigenvalue weighted by molar-refractivity contribution is -0.139. The molecule has 6 heteroatoms. The third-order valence-corrected chi connectivity index (χ3v) is 7.35. The van der Waals surface area contributed by atoms with Crippen LogP contribution in [0.1, 0.15) is 35.2 Å². The molecule has 6 nitrogen and oxygen atoms in total. The molecule has 2 aliphatic rings. The number of hydrogen-bond acceptors (Lipinski definition) is 5. The van der Waals surface area contributed by atoms with Gasteiger partial charge in [-0.25, -0.2) is 0 Å². The number of aliphatic hydroxyl groups excluding tert-OH is 1. The summed E-state index contributed by atoms with van der Waals surface area (Å²) in [4.78, 5) is 28.5. The highest BCUT2D eigenvalue weighted by atomic mass is 16.5. The number of ketones is 1. The fraction of sp³-hybridized carbons (Fsp3) is 0.176. The summed E-state index contributed by atoms with van der Waals surface area (Å²) in [6.07, 6.45) is 1.33. The minimum Gasteiger partial charge on any atom is -0.507 e. The zero-order chi connectivity index (χ0) is 27.6. The van der Waals surface area contributed by atoms with Gasteiger partial charge in [-0.1, -0.05) is 60.7 Å². The standard InChI is InChI=1S/C34H29NO5/c1-22-19-26-20-25(15-16-29(26)39-22)32(36)30-31(24-11-8-14-28(21-24)40-27-12-6-3-7-13-27)35(34(38)33(30)37)18-17-23-9-4-2-5-10-23/h2-16,20-22,31,36H,17-19H2,1H3/b32-30-. The molecule has 1 saturated heterocycles. The van der Waals surface area contributed by atoms with Gasteiger partial charge in [0.25, 0.3) is 11.7 Å². The van der Waals surface area contributed by atoms with Gasteiger partial charge in [0.15, 0.2) is 0 Å². The smallest absolute Gasteiger partial charge is 0.295 e. The van der Waals surface area contributed by atoms with E-state index in [9.17, 15) is 14.7 Å². The number of ether oxygens (including phenoxy) is 2. The van der Waals surface area contributed by atoms with Crippen molar-refractivity contribution in [3.63, 3.8) is 0 Å². The molecule has 4 aromatic rings. The quantitative estimate of drug-likeness (QED) is 0.168. The van der Waals surface area contributed by atoms with Gasteiger partial charge in [-0.15, -0.1) is 0 Å². The molecule has 1 fully saturated rings. The van der Waals surface area contributed by atoms with Crippen LogP contribution in [-0.2, 0) is 22.4 Å². The normalized spacial score (nSPS) is 19.4. The van der Waals surface area contributed by atoms with Crippen molar-refractivity contribution in [1.29, 1.82) is 0 Å². The van der Waals surface area contributed by atoms with Crippen LogP contribution in [0.3, 0.4) is 0 Å². The summed E-state index contributed by atoms with van der Waals surface area (Å²) in [5.41, 5.74) is 3.25. The number of likely N-dealkylation sites (tertiary alicyclic amines) is 1. The molecule has 1 N–H and O–H groups in total. The summed E-state index contributed by atoms with van der Waals surface area (Å²) in [6, 6.07) is 31.2. The topological polar surface area (TPSA) is 76.1 Å². The first-order valence-corrected chi connectivity index (χ1v) is 13.4. The summed E-state index contributed by atoms with van der Waals surface area (Å²) in [5.74, 6) is 0.496. The zero-order valence-electron chi connectivity index (χ0n) is 22.1. The third kappa shape index (κ3) is 4.96. The van der Waals surface area contributed by atoms with E-state index in [2.05, 4.69) is 0 Å². The molecule has 0 aromatic heterocycles. The minimum atomic E-state index is -0.772. The number of para-hydroxylation sites is 1. The summed E-state index contributed by atoms with van der Waals surface area (Å²) in [7, 11) is 0. The van der Waals surface area contributed by atoms with Crippen LogP contribution >= 0.6 is 0 Å². The van der Waals surface area contributed by atoms with Gasteiger partial charge in [-0.3, -0.25) is 9.59 Å². The predicted octanol–water partition coefficient (Wildman–Crippen LogP) is 6.47. The highest BCUT2D eigenvalue weighted by molar-refractivity contribution is 6.46. The number of benzene rings is 4. The molecule has 0 radical (unpaired) electrons. The Morgan fingerprint density at radius 3 is 2.40 bits per heavy atom. The van der Waals surface area contributed by atoms with Crippen LogP contribution in [0, 0.1) is 0 Å². The van der Waals surface area contributed by atoms with Crippen molar-refractivity contribution >= 4 is 17.4 Å². The summed E-state index contributed by atoms with van der Waals surface area (Å²) < 4.78 is 11.9. The first kappa shape index (κ1) is 25.4. The van der Waals surface area contributed by atoms with Gasteiger partial charge >= 0.3 is 0 Å². The number of nitrogens with zero attached hydrogens (tertiary/aromatic N) is 1. The molecule has 0 bridgehead atoms. The molecule has 4 aromatic carbocycles. The van der Waals surface area contributed by atoms with E-state index in [0.29, 0.717) is 42.0 Å². The highest BCUT2D eigenvalue weighted by Gasteiger charge is 2.46. The average molecular weight is 532 g/mol. The molecule has 6 rings (SSSR count). The Morgan fingerprint density at radius 1 is 0.900 bits per heavy atom. The Kier molecular flexibility index (Phi) is 6.83. The van der Waals surface area contributed by atoms with Crippen LogP contribution in [0.2, 0.25) is 0 Å². The first-order chi connectivity index (χ1) is 19.5. The fourth-order valence-corrected chi connectivity index (χ4v) is 5.45. The van der Waals surface area contributed by atoms with Gasteiger partial charge in [0.05, 0.1) is 11.6 Å². The van der Waals surface area contributed by atoms with Gasteiger partial charge in [0.1, 0.15) is 29.1 Å². The molecule has 0 aliphatic carbocycles. The average Bonchev–Trinajstić information content (AvgIpc) is 3.47. The lowest BCUT2D eigenvalue weighted by Gasteiger charge is -2.26. The van der Waals surface area contributed by atoms with E-state index in [0.717, 1.165) is 16.9 Å². The van der Waals surface area contributed by atoms with E-state index in [1.165, 1.54) is 0 Å². The first-order valence-electron chi connectivity index (χ1n) is 13.4. The van der Waals surface area contributed by atoms with E-state index < -0.39 is 17.7 Å². The number of rotatable bonds is 7. The van der Waals surface area contributed by atoms with E-state index >= 15 is 0 Å². The number of Topliss-reactive ketones (excluding diaryl/α,β-unsaturated/α-hetero) is 1. The highest BCUT2D eigenvalue weighted by Crippen LogP contribution is 2.41. The summed E-state index contributed by atoms with van der Waals surface area (Å²) >= 11 is 0. The van der Waals surface area contributed by atoms with Crippen LogP contribution in [0.15, 0.2) is 109 Å². The molecule has 0 saturated carbocycles. The van der Waals surface area contributed by atoms with Crippen molar-refractivity contribution in [2.75, 3.05) is 6.54 Å². The van der Waals surface area contributed by atoms with E-state index in [-0.39, 0.29) is 17.4 Å². The largest absolute Gasteiger partial charge is 0.507 e. The van der Waals surface area contributed by atoms with Crippen molar-refractivity contribution in [2.45, 2.75) is 31.9 Å². The van der Waals surface area contributed by atoms with Gasteiger partial charge in [0.2, 0.25) is 0 Å². The molecule has 200 valence electrons. The van der Waals surface area contributed by atoms with Crippen LogP contribution in [0.4, 0.5) is 0 Å². The van der Waals surface area contributed by atoms with Crippen molar-refractivity contribution in [2.24, 2.45) is 0 Å². The second-order valence-corrected chi connectivity index (χ2v) is 10.2. The van der Waals surface area contributed by atoms with Crippen LogP contribution in [0.5, 0.6) is 17.2 Å². The molecule has 40 heavy (non-hydrogen) atoms. The number of carbonyl (C=O) groups is 2. The second kappa shape index (κ2) is 10.7. The van der Waals surface area contributed by atoms with Crippen molar-refractivity contribution in [3.05, 3.63) is 131 Å². The number of carbonyl (C=O) groups excluding carboxylic acids is 2. The Balaban J connectivity index is 1.41. The van der Waals surface area contributed by atoms with Crippen molar-refractivity contribution in [1.82, 2.24) is 4.90 Å². The summed E-state index contributed by atoms with van der Waals surface area (Å²) in [5, 5.41) is 11.6. The molecule has 2 heterocycles. The predicted molar refractivity (Wildman–Crippen MR) is 152 cm³/mol. The van der Waals surface area contributed by atoms with Gasteiger partial charge in [0, 0.05) is 18.5 Å². The number of hydrogen-bond donors (Lipinski definition) is 1. The fourth-order valence-electron chi connectivity index (χ4n) is 5.45. The van der Waals surface area contributed by atoms with Crippen LogP contribution in [-0.4, -0.2) is 34.3 Å². The minimum absolute atomic E-state index is 0.0447. The third-order valence-electron chi connectivity index (χ3n) is 7.35. The van der Waals surface area contributed by atoms with E-state index in [4.69, 9.17) is 9.47 Å². The molecular formula is C34H29NO5. The maximum Gasteiger partial charge on any atom is 0.295 e. The number of aliphatic hydroxyl groups is 1. The number of fused-ring (bicyclic) bond motifs is 1. The maximum absolute atomic E-state index is 13.5. The van der Waals surface area contributed by atoms with Crippen molar-refractivity contribution < 1.29 is 24.2 Å².